The molecule has 2 N–H and O–H groups in total. The van der Waals surface area contributed by atoms with Crippen LogP contribution in [0.2, 0.25) is 0 Å². The van der Waals surface area contributed by atoms with Crippen LogP contribution in [0.4, 0.5) is 17.6 Å². The van der Waals surface area contributed by atoms with E-state index < -0.39 is 17.6 Å². The molecule has 5 heteroatoms. The van der Waals surface area contributed by atoms with Crippen molar-refractivity contribution < 1.29 is 17.6 Å². The Morgan fingerprint density at radius 2 is 1.87 bits per heavy atom. The monoisotopic (exact) mass is 219 g/mol. The van der Waals surface area contributed by atoms with Crippen molar-refractivity contribution in [3.63, 3.8) is 0 Å². The van der Waals surface area contributed by atoms with Crippen molar-refractivity contribution >= 4 is 0 Å². The number of hydrogen-bond acceptors (Lipinski definition) is 1. The molecule has 1 nitrogen and oxygen atoms in total. The lowest BCUT2D eigenvalue weighted by atomic mass is 10.0. The zero-order valence-electron chi connectivity index (χ0n) is 7.68. The van der Waals surface area contributed by atoms with E-state index in [2.05, 4.69) is 0 Å². The third-order valence-electron chi connectivity index (χ3n) is 2.56. The van der Waals surface area contributed by atoms with Crippen molar-refractivity contribution in [2.75, 3.05) is 0 Å². The van der Waals surface area contributed by atoms with Crippen LogP contribution in [0.3, 0.4) is 0 Å². The largest absolute Gasteiger partial charge is 0.416 e. The number of hydrogen-bond donors (Lipinski definition) is 1. The molecule has 0 aromatic heterocycles. The Morgan fingerprint density at radius 3 is 2.33 bits per heavy atom. The molecule has 0 spiro atoms. The van der Waals surface area contributed by atoms with E-state index in [0.29, 0.717) is 12.5 Å². The fourth-order valence-electron chi connectivity index (χ4n) is 1.67. The van der Waals surface area contributed by atoms with Crippen molar-refractivity contribution in [2.24, 2.45) is 5.73 Å². The lowest BCUT2D eigenvalue weighted by molar-refractivity contribution is -0.138. The van der Waals surface area contributed by atoms with E-state index in [9.17, 15) is 17.6 Å². The van der Waals surface area contributed by atoms with Gasteiger partial charge < -0.3 is 5.73 Å². The highest BCUT2D eigenvalue weighted by Crippen LogP contribution is 2.45. The van der Waals surface area contributed by atoms with Gasteiger partial charge in [0.05, 0.1) is 5.56 Å². The van der Waals surface area contributed by atoms with Gasteiger partial charge in [0.25, 0.3) is 0 Å². The van der Waals surface area contributed by atoms with Gasteiger partial charge in [0.15, 0.2) is 0 Å². The molecule has 1 saturated carbocycles. The highest BCUT2D eigenvalue weighted by Gasteiger charge is 2.42. The molecule has 2 atom stereocenters. The maximum atomic E-state index is 12.7. The smallest absolute Gasteiger partial charge is 0.327 e. The summed E-state index contributed by atoms with van der Waals surface area (Å²) < 4.78 is 50.3. The molecule has 1 aliphatic rings. The SMILES string of the molecule is NC1CC1c1ccc(F)cc1C(F)(F)F. The first kappa shape index (κ1) is 10.4. The Kier molecular flexibility index (Phi) is 2.22. The molecule has 2 unspecified atom stereocenters. The number of rotatable bonds is 1. The van der Waals surface area contributed by atoms with Crippen molar-refractivity contribution in [1.29, 1.82) is 0 Å². The Labute approximate surface area is 83.9 Å². The van der Waals surface area contributed by atoms with E-state index in [4.69, 9.17) is 5.73 Å². The fraction of sp³-hybridized carbons (Fsp3) is 0.400. The molecule has 2 rings (SSSR count). The highest BCUT2D eigenvalue weighted by atomic mass is 19.4. The van der Waals surface area contributed by atoms with E-state index >= 15 is 0 Å². The zero-order valence-corrected chi connectivity index (χ0v) is 7.68. The second kappa shape index (κ2) is 3.20. The standard InChI is InChI=1S/C10H9F4N/c11-5-1-2-6(7-4-9(7)15)8(3-5)10(12,13)14/h1-3,7,9H,4,15H2. The fourth-order valence-corrected chi connectivity index (χ4v) is 1.67. The number of nitrogens with two attached hydrogens (primary N) is 1. The van der Waals surface area contributed by atoms with E-state index in [1.54, 1.807) is 0 Å². The van der Waals surface area contributed by atoms with Gasteiger partial charge in [-0.1, -0.05) is 6.07 Å². The maximum absolute atomic E-state index is 12.7. The Balaban J connectivity index is 2.45. The van der Waals surface area contributed by atoms with E-state index in [1.165, 1.54) is 6.07 Å². The van der Waals surface area contributed by atoms with Gasteiger partial charge in [-0.15, -0.1) is 0 Å². The molecule has 0 radical (unpaired) electrons. The average molecular weight is 219 g/mol. The van der Waals surface area contributed by atoms with Crippen molar-refractivity contribution in [3.05, 3.63) is 35.1 Å². The first-order valence-corrected chi connectivity index (χ1v) is 4.52. The molecular formula is C10H9F4N. The van der Waals surface area contributed by atoms with E-state index in [-0.39, 0.29) is 17.5 Å². The lowest BCUT2D eigenvalue weighted by Gasteiger charge is -2.12. The Morgan fingerprint density at radius 1 is 1.27 bits per heavy atom. The summed E-state index contributed by atoms with van der Waals surface area (Å²) in [5.41, 5.74) is 4.69. The van der Waals surface area contributed by atoms with Gasteiger partial charge in [-0.25, -0.2) is 4.39 Å². The van der Waals surface area contributed by atoms with Gasteiger partial charge in [-0.2, -0.15) is 13.2 Å². The summed E-state index contributed by atoms with van der Waals surface area (Å²) in [6.45, 7) is 0. The van der Waals surface area contributed by atoms with Gasteiger partial charge in [0.1, 0.15) is 5.82 Å². The minimum absolute atomic E-state index is 0.108. The van der Waals surface area contributed by atoms with Crippen LogP contribution in [0, 0.1) is 5.82 Å². The van der Waals surface area contributed by atoms with Crippen LogP contribution in [-0.2, 0) is 6.18 Å². The predicted molar refractivity (Wildman–Crippen MR) is 46.7 cm³/mol. The van der Waals surface area contributed by atoms with Crippen LogP contribution in [0.25, 0.3) is 0 Å². The Hall–Kier alpha value is -1.10. The van der Waals surface area contributed by atoms with Crippen LogP contribution in [-0.4, -0.2) is 6.04 Å². The highest BCUT2D eigenvalue weighted by molar-refractivity contribution is 5.37. The number of halogens is 4. The van der Waals surface area contributed by atoms with Crippen LogP contribution < -0.4 is 5.73 Å². The summed E-state index contributed by atoms with van der Waals surface area (Å²) in [6.07, 6.45) is -3.98. The van der Waals surface area contributed by atoms with E-state index in [0.717, 1.165) is 6.07 Å². The molecule has 0 amide bonds. The number of alkyl halides is 3. The maximum Gasteiger partial charge on any atom is 0.416 e. The van der Waals surface area contributed by atoms with Crippen molar-refractivity contribution in [1.82, 2.24) is 0 Å². The van der Waals surface area contributed by atoms with Crippen molar-refractivity contribution in [2.45, 2.75) is 24.6 Å². The summed E-state index contributed by atoms with van der Waals surface area (Å²) in [4.78, 5) is 0. The van der Waals surface area contributed by atoms with Crippen LogP contribution in [0.1, 0.15) is 23.5 Å². The van der Waals surface area contributed by atoms with Crippen LogP contribution in [0.15, 0.2) is 18.2 Å². The summed E-state index contributed by atoms with van der Waals surface area (Å²) in [5.74, 6) is -1.15. The molecule has 1 fully saturated rings. The molecule has 0 aliphatic heterocycles. The van der Waals surface area contributed by atoms with Gasteiger partial charge in [0.2, 0.25) is 0 Å². The van der Waals surface area contributed by atoms with Gasteiger partial charge in [-0.05, 0) is 24.1 Å². The zero-order chi connectivity index (χ0) is 11.2. The minimum atomic E-state index is -4.51. The molecule has 0 saturated heterocycles. The van der Waals surface area contributed by atoms with Crippen LogP contribution in [0.5, 0.6) is 0 Å². The lowest BCUT2D eigenvalue weighted by Crippen LogP contribution is -2.11. The third kappa shape index (κ3) is 1.97. The van der Waals surface area contributed by atoms with Gasteiger partial charge >= 0.3 is 6.18 Å². The summed E-state index contributed by atoms with van der Waals surface area (Å²) in [5, 5.41) is 0. The first-order chi connectivity index (χ1) is 6.89. The summed E-state index contributed by atoms with van der Waals surface area (Å²) in [7, 11) is 0. The molecule has 82 valence electrons. The molecule has 1 aliphatic carbocycles. The minimum Gasteiger partial charge on any atom is -0.327 e. The first-order valence-electron chi connectivity index (χ1n) is 4.52. The van der Waals surface area contributed by atoms with E-state index in [1.807, 2.05) is 0 Å². The molecule has 0 bridgehead atoms. The number of benzene rings is 1. The summed E-state index contributed by atoms with van der Waals surface area (Å²) >= 11 is 0. The topological polar surface area (TPSA) is 26.0 Å². The summed E-state index contributed by atoms with van der Waals surface area (Å²) in [6, 6.07) is 2.52. The van der Waals surface area contributed by atoms with Crippen LogP contribution >= 0.6 is 0 Å². The quantitative estimate of drug-likeness (QED) is 0.722. The molecule has 0 heterocycles. The Bertz CT molecular complexity index is 385. The van der Waals surface area contributed by atoms with Gasteiger partial charge in [-0.3, -0.25) is 0 Å². The predicted octanol–water partition coefficient (Wildman–Crippen LogP) is 2.66. The molecule has 1 aromatic carbocycles. The third-order valence-corrected chi connectivity index (χ3v) is 2.56. The second-order valence-electron chi connectivity index (χ2n) is 3.74. The second-order valence-corrected chi connectivity index (χ2v) is 3.74. The van der Waals surface area contributed by atoms with Crippen molar-refractivity contribution in [3.8, 4) is 0 Å². The average Bonchev–Trinajstić information content (AvgIpc) is 2.81. The molecule has 1 aromatic rings. The molecule has 15 heavy (non-hydrogen) atoms. The normalized spacial score (nSPS) is 25.4. The van der Waals surface area contributed by atoms with Gasteiger partial charge in [0, 0.05) is 12.0 Å². The molecular weight excluding hydrogens is 210 g/mol.